The zero-order valence-electron chi connectivity index (χ0n) is 9.42. The van der Waals surface area contributed by atoms with Crippen LogP contribution in [0.25, 0.3) is 0 Å². The smallest absolute Gasteiger partial charge is 0.123 e. The van der Waals surface area contributed by atoms with Gasteiger partial charge in [-0.2, -0.15) is 0 Å². The summed E-state index contributed by atoms with van der Waals surface area (Å²) in [7, 11) is 0. The number of hydrogen-bond donors (Lipinski definition) is 0. The van der Waals surface area contributed by atoms with Gasteiger partial charge in [-0.15, -0.1) is 0 Å². The molecular weight excluding hydrogens is 172 g/mol. The Hall–Kier alpha value is -0.980. The maximum Gasteiger partial charge on any atom is 0.123 e. The van der Waals surface area contributed by atoms with E-state index in [2.05, 4.69) is 45.9 Å². The molecule has 2 rings (SSSR count). The molecule has 0 saturated heterocycles. The second-order valence-corrected chi connectivity index (χ2v) is 5.08. The highest BCUT2D eigenvalue weighted by atomic mass is 16.5. The lowest BCUT2D eigenvalue weighted by Crippen LogP contribution is -2.18. The molecule has 0 unspecified atom stereocenters. The summed E-state index contributed by atoms with van der Waals surface area (Å²) in [5.74, 6) is 1.66. The van der Waals surface area contributed by atoms with Crippen molar-refractivity contribution in [2.24, 2.45) is 0 Å². The lowest BCUT2D eigenvalue weighted by molar-refractivity contribution is 0.291. The molecule has 76 valence electrons. The maximum absolute atomic E-state index is 5.70. The van der Waals surface area contributed by atoms with E-state index in [1.54, 1.807) is 0 Å². The highest BCUT2D eigenvalue weighted by molar-refractivity contribution is 5.45. The molecule has 0 atom stereocenters. The first-order valence-corrected chi connectivity index (χ1v) is 5.28. The SMILES string of the molecule is CC(C)c1ccc2c(c1)OCC2(C)C. The first-order chi connectivity index (χ1) is 6.50. The summed E-state index contributed by atoms with van der Waals surface area (Å²) in [6.45, 7) is 9.69. The van der Waals surface area contributed by atoms with E-state index < -0.39 is 0 Å². The Bertz CT molecular complexity index is 350. The molecule has 0 amide bonds. The van der Waals surface area contributed by atoms with E-state index in [4.69, 9.17) is 4.74 Å². The highest BCUT2D eigenvalue weighted by Crippen LogP contribution is 2.39. The molecule has 0 fully saturated rings. The molecule has 1 aliphatic heterocycles. The molecule has 0 N–H and O–H groups in total. The number of benzene rings is 1. The average Bonchev–Trinajstić information content (AvgIpc) is 2.42. The Kier molecular flexibility index (Phi) is 2.06. The van der Waals surface area contributed by atoms with Gasteiger partial charge in [0.05, 0.1) is 6.61 Å². The normalized spacial score (nSPS) is 18.1. The van der Waals surface area contributed by atoms with Crippen molar-refractivity contribution in [3.8, 4) is 5.75 Å². The predicted octanol–water partition coefficient (Wildman–Crippen LogP) is 3.48. The van der Waals surface area contributed by atoms with Crippen LogP contribution >= 0.6 is 0 Å². The van der Waals surface area contributed by atoms with Gasteiger partial charge >= 0.3 is 0 Å². The minimum Gasteiger partial charge on any atom is -0.492 e. The van der Waals surface area contributed by atoms with Crippen molar-refractivity contribution in [2.45, 2.75) is 39.0 Å². The van der Waals surface area contributed by atoms with E-state index in [1.165, 1.54) is 11.1 Å². The molecule has 1 nitrogen and oxygen atoms in total. The van der Waals surface area contributed by atoms with Crippen LogP contribution in [0.1, 0.15) is 44.7 Å². The summed E-state index contributed by atoms with van der Waals surface area (Å²) in [6, 6.07) is 6.63. The van der Waals surface area contributed by atoms with E-state index >= 15 is 0 Å². The Morgan fingerprint density at radius 1 is 1.29 bits per heavy atom. The summed E-state index contributed by atoms with van der Waals surface area (Å²) < 4.78 is 5.70. The van der Waals surface area contributed by atoms with Crippen LogP contribution in [0.3, 0.4) is 0 Å². The lowest BCUT2D eigenvalue weighted by atomic mass is 9.86. The second kappa shape index (κ2) is 3.01. The molecule has 1 aromatic carbocycles. The van der Waals surface area contributed by atoms with E-state index in [9.17, 15) is 0 Å². The lowest BCUT2D eigenvalue weighted by Gasteiger charge is -2.15. The number of fused-ring (bicyclic) bond motifs is 1. The fourth-order valence-electron chi connectivity index (χ4n) is 1.91. The third kappa shape index (κ3) is 1.41. The van der Waals surface area contributed by atoms with Crippen molar-refractivity contribution in [2.75, 3.05) is 6.61 Å². The van der Waals surface area contributed by atoms with Crippen LogP contribution in [-0.2, 0) is 5.41 Å². The molecule has 0 bridgehead atoms. The van der Waals surface area contributed by atoms with Gasteiger partial charge in [0.1, 0.15) is 5.75 Å². The van der Waals surface area contributed by atoms with Crippen molar-refractivity contribution in [3.63, 3.8) is 0 Å². The second-order valence-electron chi connectivity index (χ2n) is 5.08. The summed E-state index contributed by atoms with van der Waals surface area (Å²) in [4.78, 5) is 0. The largest absolute Gasteiger partial charge is 0.492 e. The third-order valence-corrected chi connectivity index (χ3v) is 2.99. The predicted molar refractivity (Wildman–Crippen MR) is 59.1 cm³/mol. The molecule has 1 aliphatic rings. The molecule has 0 saturated carbocycles. The fraction of sp³-hybridized carbons (Fsp3) is 0.538. The molecule has 0 aliphatic carbocycles. The molecule has 1 heterocycles. The minimum absolute atomic E-state index is 0.185. The summed E-state index contributed by atoms with van der Waals surface area (Å²) in [5.41, 5.74) is 2.90. The van der Waals surface area contributed by atoms with Crippen LogP contribution in [0.15, 0.2) is 18.2 Å². The first-order valence-electron chi connectivity index (χ1n) is 5.28. The Balaban J connectivity index is 2.44. The number of hydrogen-bond acceptors (Lipinski definition) is 1. The van der Waals surface area contributed by atoms with Crippen LogP contribution in [-0.4, -0.2) is 6.61 Å². The van der Waals surface area contributed by atoms with Crippen LogP contribution < -0.4 is 4.74 Å². The highest BCUT2D eigenvalue weighted by Gasteiger charge is 2.31. The molecule has 1 aromatic rings. The van der Waals surface area contributed by atoms with Crippen LogP contribution in [0.2, 0.25) is 0 Å². The van der Waals surface area contributed by atoms with Gasteiger partial charge in [-0.1, -0.05) is 39.8 Å². The van der Waals surface area contributed by atoms with E-state index in [1.807, 2.05) is 0 Å². The monoisotopic (exact) mass is 190 g/mol. The topological polar surface area (TPSA) is 9.23 Å². The van der Waals surface area contributed by atoms with Crippen molar-refractivity contribution >= 4 is 0 Å². The van der Waals surface area contributed by atoms with Gasteiger partial charge in [-0.3, -0.25) is 0 Å². The number of ether oxygens (including phenoxy) is 1. The van der Waals surface area contributed by atoms with E-state index in [0.29, 0.717) is 5.92 Å². The number of rotatable bonds is 1. The van der Waals surface area contributed by atoms with Crippen molar-refractivity contribution in [1.29, 1.82) is 0 Å². The van der Waals surface area contributed by atoms with Crippen LogP contribution in [0, 0.1) is 0 Å². The van der Waals surface area contributed by atoms with Crippen LogP contribution in [0.4, 0.5) is 0 Å². The van der Waals surface area contributed by atoms with E-state index in [0.717, 1.165) is 12.4 Å². The van der Waals surface area contributed by atoms with Crippen molar-refractivity contribution < 1.29 is 4.74 Å². The van der Waals surface area contributed by atoms with Gasteiger partial charge in [-0.25, -0.2) is 0 Å². The van der Waals surface area contributed by atoms with Gasteiger partial charge in [-0.05, 0) is 17.5 Å². The molecule has 1 heteroatoms. The molecule has 14 heavy (non-hydrogen) atoms. The Labute approximate surface area is 86.1 Å². The van der Waals surface area contributed by atoms with Gasteiger partial charge < -0.3 is 4.74 Å². The fourth-order valence-corrected chi connectivity index (χ4v) is 1.91. The average molecular weight is 190 g/mol. The van der Waals surface area contributed by atoms with Crippen molar-refractivity contribution in [1.82, 2.24) is 0 Å². The zero-order chi connectivity index (χ0) is 10.3. The molecule has 0 spiro atoms. The van der Waals surface area contributed by atoms with Crippen molar-refractivity contribution in [3.05, 3.63) is 29.3 Å². The molecular formula is C13H18O. The van der Waals surface area contributed by atoms with Gasteiger partial charge in [0.15, 0.2) is 0 Å². The Morgan fingerprint density at radius 3 is 2.64 bits per heavy atom. The van der Waals surface area contributed by atoms with E-state index in [-0.39, 0.29) is 5.41 Å². The molecule has 0 aromatic heterocycles. The Morgan fingerprint density at radius 2 is 2.00 bits per heavy atom. The summed E-state index contributed by atoms with van der Waals surface area (Å²) >= 11 is 0. The molecule has 0 radical (unpaired) electrons. The quantitative estimate of drug-likeness (QED) is 0.658. The maximum atomic E-state index is 5.70. The first kappa shape index (κ1) is 9.57. The third-order valence-electron chi connectivity index (χ3n) is 2.99. The summed E-state index contributed by atoms with van der Waals surface area (Å²) in [5, 5.41) is 0. The van der Waals surface area contributed by atoms with Gasteiger partial charge in [0, 0.05) is 11.0 Å². The standard InChI is InChI=1S/C13H18O/c1-9(2)10-5-6-11-12(7-10)14-8-13(11,3)4/h5-7,9H,8H2,1-4H3. The minimum atomic E-state index is 0.185. The zero-order valence-corrected chi connectivity index (χ0v) is 9.42. The summed E-state index contributed by atoms with van der Waals surface area (Å²) in [6.07, 6.45) is 0. The van der Waals surface area contributed by atoms with Gasteiger partial charge in [0.2, 0.25) is 0 Å². The van der Waals surface area contributed by atoms with Crippen LogP contribution in [0.5, 0.6) is 5.75 Å². The van der Waals surface area contributed by atoms with Gasteiger partial charge in [0.25, 0.3) is 0 Å².